The van der Waals surface area contributed by atoms with Crippen LogP contribution in [0.1, 0.15) is 15.9 Å². The van der Waals surface area contributed by atoms with Crippen LogP contribution in [0.15, 0.2) is 29.2 Å². The molecule has 86 valence electrons. The highest BCUT2D eigenvalue weighted by atomic mass is 32.2. The Balaban J connectivity index is 2.24. The molecule has 1 aliphatic rings. The number of hydrogen-bond acceptors (Lipinski definition) is 4. The minimum Gasteiger partial charge on any atom is -0.478 e. The second-order valence-corrected chi connectivity index (χ2v) is 4.70. The average Bonchev–Trinajstić information content (AvgIpc) is 2.58. The number of carboxylic acids is 1. The highest BCUT2D eigenvalue weighted by Gasteiger charge is 2.21. The second kappa shape index (κ2) is 4.68. The van der Waals surface area contributed by atoms with Crippen molar-refractivity contribution >= 4 is 46.3 Å². The summed E-state index contributed by atoms with van der Waals surface area (Å²) in [5, 5.41) is 11.1. The molecule has 1 aliphatic heterocycles. The molecule has 1 fully saturated rings. The summed E-state index contributed by atoms with van der Waals surface area (Å²) in [5.41, 5.74) is 1.03. The molecule has 0 unspecified atom stereocenters. The van der Waals surface area contributed by atoms with Gasteiger partial charge in [-0.25, -0.2) is 4.79 Å². The van der Waals surface area contributed by atoms with Crippen molar-refractivity contribution in [3.05, 3.63) is 40.3 Å². The summed E-state index contributed by atoms with van der Waals surface area (Å²) in [7, 11) is 0. The van der Waals surface area contributed by atoms with Gasteiger partial charge >= 0.3 is 5.97 Å². The Labute approximate surface area is 107 Å². The van der Waals surface area contributed by atoms with Crippen LogP contribution < -0.4 is 5.32 Å². The Hall–Kier alpha value is -1.66. The standard InChI is InChI=1S/C11H7NO3S2/c13-10(14)7-3-1-6(2-4-7)5-8-9(16)12-11(15)17-8/h1-5H,(H,13,14)(H,12,15,16)/b8-5+. The summed E-state index contributed by atoms with van der Waals surface area (Å²) in [4.78, 5) is 22.8. The number of nitrogens with one attached hydrogen (secondary N) is 1. The third kappa shape index (κ3) is 2.72. The van der Waals surface area contributed by atoms with Gasteiger partial charge in [-0.15, -0.1) is 0 Å². The van der Waals surface area contributed by atoms with Crippen LogP contribution in [0.5, 0.6) is 0 Å². The molecule has 4 nitrogen and oxygen atoms in total. The van der Waals surface area contributed by atoms with E-state index in [1.807, 2.05) is 0 Å². The lowest BCUT2D eigenvalue weighted by Gasteiger charge is -1.97. The van der Waals surface area contributed by atoms with E-state index in [0.29, 0.717) is 9.89 Å². The maximum absolute atomic E-state index is 11.0. The summed E-state index contributed by atoms with van der Waals surface area (Å²) in [6.07, 6.45) is 1.75. The van der Waals surface area contributed by atoms with Crippen LogP contribution in [-0.2, 0) is 0 Å². The zero-order valence-corrected chi connectivity index (χ0v) is 10.1. The van der Waals surface area contributed by atoms with E-state index in [-0.39, 0.29) is 10.8 Å². The van der Waals surface area contributed by atoms with E-state index < -0.39 is 5.97 Å². The van der Waals surface area contributed by atoms with E-state index in [2.05, 4.69) is 5.32 Å². The highest BCUT2D eigenvalue weighted by molar-refractivity contribution is 8.19. The molecule has 1 heterocycles. The first-order valence-electron chi connectivity index (χ1n) is 4.64. The van der Waals surface area contributed by atoms with Crippen LogP contribution in [0.2, 0.25) is 0 Å². The van der Waals surface area contributed by atoms with Crippen molar-refractivity contribution < 1.29 is 14.7 Å². The second-order valence-electron chi connectivity index (χ2n) is 3.28. The van der Waals surface area contributed by atoms with Crippen LogP contribution in [0.4, 0.5) is 4.79 Å². The molecular formula is C11H7NO3S2. The molecule has 1 aromatic carbocycles. The summed E-state index contributed by atoms with van der Waals surface area (Å²) in [5.74, 6) is -0.966. The van der Waals surface area contributed by atoms with Crippen molar-refractivity contribution in [2.24, 2.45) is 0 Å². The van der Waals surface area contributed by atoms with E-state index in [1.165, 1.54) is 12.1 Å². The number of hydrogen-bond donors (Lipinski definition) is 2. The third-order valence-corrected chi connectivity index (χ3v) is 3.38. The molecule has 2 rings (SSSR count). The molecule has 0 spiro atoms. The molecule has 17 heavy (non-hydrogen) atoms. The van der Waals surface area contributed by atoms with Gasteiger partial charge in [0, 0.05) is 0 Å². The van der Waals surface area contributed by atoms with Crippen LogP contribution in [-0.4, -0.2) is 21.3 Å². The average molecular weight is 265 g/mol. The largest absolute Gasteiger partial charge is 0.478 e. The summed E-state index contributed by atoms with van der Waals surface area (Å²) in [6, 6.07) is 6.35. The number of thioether (sulfide) groups is 1. The number of carboxylic acid groups (broad SMARTS) is 1. The molecule has 0 radical (unpaired) electrons. The lowest BCUT2D eigenvalue weighted by molar-refractivity contribution is 0.0697. The van der Waals surface area contributed by atoms with Gasteiger partial charge in [-0.3, -0.25) is 4.79 Å². The Morgan fingerprint density at radius 1 is 1.35 bits per heavy atom. The first-order chi connectivity index (χ1) is 8.06. The topological polar surface area (TPSA) is 66.4 Å². The fourth-order valence-electron chi connectivity index (χ4n) is 1.29. The van der Waals surface area contributed by atoms with Crippen molar-refractivity contribution in [3.8, 4) is 0 Å². The van der Waals surface area contributed by atoms with Gasteiger partial charge in [0.15, 0.2) is 0 Å². The van der Waals surface area contributed by atoms with Crippen molar-refractivity contribution in [2.45, 2.75) is 0 Å². The van der Waals surface area contributed by atoms with E-state index >= 15 is 0 Å². The third-order valence-electron chi connectivity index (χ3n) is 2.10. The predicted molar refractivity (Wildman–Crippen MR) is 70.1 cm³/mol. The molecule has 1 saturated heterocycles. The van der Waals surface area contributed by atoms with Crippen LogP contribution in [0.3, 0.4) is 0 Å². The van der Waals surface area contributed by atoms with Gasteiger partial charge < -0.3 is 10.4 Å². The SMILES string of the molecule is O=C1NC(=S)/C(=C\c2ccc(C(=O)O)cc2)S1. The van der Waals surface area contributed by atoms with Crippen LogP contribution in [0, 0.1) is 0 Å². The molecular weight excluding hydrogens is 258 g/mol. The molecule has 0 aromatic heterocycles. The monoisotopic (exact) mass is 265 g/mol. The lowest BCUT2D eigenvalue weighted by atomic mass is 10.1. The number of carbonyl (C=O) groups is 2. The fourth-order valence-corrected chi connectivity index (χ4v) is 2.33. The number of amides is 1. The predicted octanol–water partition coefficient (Wildman–Crippen LogP) is 2.51. The first kappa shape index (κ1) is 11.8. The zero-order valence-electron chi connectivity index (χ0n) is 8.47. The molecule has 0 aliphatic carbocycles. The number of carbonyl (C=O) groups excluding carboxylic acids is 1. The van der Waals surface area contributed by atoms with E-state index in [1.54, 1.807) is 18.2 Å². The van der Waals surface area contributed by atoms with Gasteiger partial charge in [0.05, 0.1) is 10.5 Å². The van der Waals surface area contributed by atoms with Gasteiger partial charge in [-0.2, -0.15) is 0 Å². The fraction of sp³-hybridized carbons (Fsp3) is 0. The number of benzene rings is 1. The molecule has 0 saturated carbocycles. The highest BCUT2D eigenvalue weighted by Crippen LogP contribution is 2.26. The Kier molecular flexibility index (Phi) is 3.26. The minimum absolute atomic E-state index is 0.191. The maximum atomic E-state index is 11.0. The molecule has 1 amide bonds. The van der Waals surface area contributed by atoms with Gasteiger partial charge in [0.2, 0.25) is 0 Å². The zero-order chi connectivity index (χ0) is 12.4. The summed E-state index contributed by atoms with van der Waals surface area (Å²) < 4.78 is 0. The van der Waals surface area contributed by atoms with Crippen molar-refractivity contribution in [1.29, 1.82) is 0 Å². The summed E-state index contributed by atoms with van der Waals surface area (Å²) in [6.45, 7) is 0. The molecule has 0 bridgehead atoms. The number of thiocarbonyl (C=S) groups is 1. The maximum Gasteiger partial charge on any atom is 0.335 e. The van der Waals surface area contributed by atoms with Gasteiger partial charge in [0.25, 0.3) is 5.24 Å². The molecule has 0 atom stereocenters. The summed E-state index contributed by atoms with van der Waals surface area (Å²) >= 11 is 6.00. The van der Waals surface area contributed by atoms with Gasteiger partial charge in [-0.1, -0.05) is 24.4 Å². The quantitative estimate of drug-likeness (QED) is 0.635. The normalized spacial score (nSPS) is 17.3. The van der Waals surface area contributed by atoms with Crippen LogP contribution in [0.25, 0.3) is 6.08 Å². The van der Waals surface area contributed by atoms with E-state index in [9.17, 15) is 9.59 Å². The Bertz CT molecular complexity index is 534. The molecule has 2 N–H and O–H groups in total. The molecule has 6 heteroatoms. The van der Waals surface area contributed by atoms with Gasteiger partial charge in [0.1, 0.15) is 4.99 Å². The smallest absolute Gasteiger partial charge is 0.335 e. The Morgan fingerprint density at radius 3 is 2.47 bits per heavy atom. The number of aromatic carboxylic acids is 1. The van der Waals surface area contributed by atoms with Gasteiger partial charge in [-0.05, 0) is 35.5 Å². The van der Waals surface area contributed by atoms with Crippen molar-refractivity contribution in [1.82, 2.24) is 5.32 Å². The van der Waals surface area contributed by atoms with E-state index in [0.717, 1.165) is 17.3 Å². The van der Waals surface area contributed by atoms with Crippen molar-refractivity contribution in [3.63, 3.8) is 0 Å². The Morgan fingerprint density at radius 2 is 2.00 bits per heavy atom. The number of rotatable bonds is 2. The van der Waals surface area contributed by atoms with Crippen LogP contribution >= 0.6 is 24.0 Å². The van der Waals surface area contributed by atoms with Crippen molar-refractivity contribution in [2.75, 3.05) is 0 Å². The first-order valence-corrected chi connectivity index (χ1v) is 5.87. The van der Waals surface area contributed by atoms with E-state index in [4.69, 9.17) is 17.3 Å². The molecule has 1 aromatic rings. The lowest BCUT2D eigenvalue weighted by Crippen LogP contribution is -2.15. The minimum atomic E-state index is -0.966.